The van der Waals surface area contributed by atoms with Gasteiger partial charge in [0.15, 0.2) is 0 Å². The highest BCUT2D eigenvalue weighted by molar-refractivity contribution is 5.92. The van der Waals surface area contributed by atoms with Crippen LogP contribution in [-0.4, -0.2) is 55.9 Å². The number of H-pyrrole nitrogens is 1. The fourth-order valence-electron chi connectivity index (χ4n) is 4.81. The Kier molecular flexibility index (Phi) is 4.55. The molecular weight excluding hydrogens is 368 g/mol. The van der Waals surface area contributed by atoms with Crippen LogP contribution in [0.25, 0.3) is 22.4 Å². The minimum Gasteiger partial charge on any atom is -0.385 e. The maximum atomic E-state index is 11.7. The van der Waals surface area contributed by atoms with Gasteiger partial charge in [0, 0.05) is 25.4 Å². The van der Waals surface area contributed by atoms with Crippen molar-refractivity contribution in [3.05, 3.63) is 23.9 Å². The van der Waals surface area contributed by atoms with Gasteiger partial charge in [0.05, 0.1) is 36.1 Å². The van der Waals surface area contributed by atoms with E-state index in [1.54, 1.807) is 6.20 Å². The van der Waals surface area contributed by atoms with Crippen molar-refractivity contribution in [2.75, 3.05) is 24.7 Å². The van der Waals surface area contributed by atoms with E-state index < -0.39 is 5.60 Å². The zero-order valence-electron chi connectivity index (χ0n) is 17.1. The number of aromatic amines is 1. The fraction of sp³-hybridized carbons (Fsp3) is 0.571. The van der Waals surface area contributed by atoms with E-state index in [0.29, 0.717) is 13.2 Å². The smallest absolute Gasteiger partial charge is 0.136 e. The molecule has 2 aliphatic rings. The lowest BCUT2D eigenvalue weighted by Crippen LogP contribution is -2.44. The molecular formula is C21H28N6O2. The van der Waals surface area contributed by atoms with Gasteiger partial charge < -0.3 is 14.7 Å². The average Bonchev–Trinajstić information content (AvgIpc) is 3.36. The Labute approximate surface area is 169 Å². The van der Waals surface area contributed by atoms with E-state index in [0.717, 1.165) is 66.0 Å². The molecule has 0 aromatic carbocycles. The second-order valence-corrected chi connectivity index (χ2v) is 8.38. The molecule has 3 aromatic rings. The Morgan fingerprint density at radius 1 is 1.28 bits per heavy atom. The first-order chi connectivity index (χ1) is 14.1. The quantitative estimate of drug-likeness (QED) is 0.707. The summed E-state index contributed by atoms with van der Waals surface area (Å²) in [6.45, 7) is 4.31. The third-order valence-electron chi connectivity index (χ3n) is 6.38. The monoisotopic (exact) mass is 396 g/mol. The maximum absolute atomic E-state index is 11.7. The molecule has 5 rings (SSSR count). The molecule has 0 amide bonds. The van der Waals surface area contributed by atoms with Crippen LogP contribution < -0.4 is 4.90 Å². The lowest BCUT2D eigenvalue weighted by Gasteiger charge is -2.37. The van der Waals surface area contributed by atoms with E-state index in [2.05, 4.69) is 28.1 Å². The number of morpholine rings is 1. The van der Waals surface area contributed by atoms with Crippen LogP contribution in [0, 0.1) is 0 Å². The summed E-state index contributed by atoms with van der Waals surface area (Å²) >= 11 is 0. The molecule has 1 atom stereocenters. The summed E-state index contributed by atoms with van der Waals surface area (Å²) in [5.74, 6) is 0.885. The molecule has 2 fully saturated rings. The van der Waals surface area contributed by atoms with E-state index in [4.69, 9.17) is 14.8 Å². The predicted octanol–water partition coefficient (Wildman–Crippen LogP) is 2.74. The molecule has 1 aliphatic carbocycles. The average molecular weight is 396 g/mol. The van der Waals surface area contributed by atoms with Crippen LogP contribution in [-0.2, 0) is 17.4 Å². The van der Waals surface area contributed by atoms with Gasteiger partial charge in [0.2, 0.25) is 0 Å². The number of aryl methyl sites for hydroxylation is 1. The molecule has 29 heavy (non-hydrogen) atoms. The van der Waals surface area contributed by atoms with Gasteiger partial charge >= 0.3 is 0 Å². The third kappa shape index (κ3) is 3.11. The Bertz CT molecular complexity index is 1010. The van der Waals surface area contributed by atoms with Crippen LogP contribution in [0.3, 0.4) is 0 Å². The molecule has 0 spiro atoms. The number of rotatable bonds is 3. The molecule has 1 aliphatic heterocycles. The Morgan fingerprint density at radius 3 is 2.83 bits per heavy atom. The summed E-state index contributed by atoms with van der Waals surface area (Å²) in [6.07, 6.45) is 6.52. The first kappa shape index (κ1) is 18.6. The summed E-state index contributed by atoms with van der Waals surface area (Å²) in [6, 6.07) is 4.23. The summed E-state index contributed by atoms with van der Waals surface area (Å²) < 4.78 is 7.48. The standard InChI is InChI=1S/C21H28N6O2/c1-14-13-29-11-10-27(14)17-12-15(21(28)7-4-3-5-8-21)20-19(23-17)18(25-26(20)2)16-6-9-22-24-16/h6,9,12,14,28H,3-5,7-8,10-11,13H2,1-2H3,(H,22,24)/t14-/m1/s1. The second-order valence-electron chi connectivity index (χ2n) is 8.38. The largest absolute Gasteiger partial charge is 0.385 e. The highest BCUT2D eigenvalue weighted by Gasteiger charge is 2.36. The summed E-state index contributed by atoms with van der Waals surface area (Å²) in [5, 5.41) is 23.5. The molecule has 3 aromatic heterocycles. The van der Waals surface area contributed by atoms with Gasteiger partial charge in [-0.05, 0) is 31.9 Å². The van der Waals surface area contributed by atoms with Crippen molar-refractivity contribution in [2.24, 2.45) is 7.05 Å². The van der Waals surface area contributed by atoms with Crippen molar-refractivity contribution in [3.63, 3.8) is 0 Å². The summed E-state index contributed by atoms with van der Waals surface area (Å²) in [4.78, 5) is 7.32. The zero-order valence-corrected chi connectivity index (χ0v) is 17.1. The minimum absolute atomic E-state index is 0.231. The molecule has 4 heterocycles. The van der Waals surface area contributed by atoms with E-state index in [-0.39, 0.29) is 6.04 Å². The number of hydrogen-bond donors (Lipinski definition) is 2. The SMILES string of the molecule is C[C@@H]1COCCN1c1cc(C2(O)CCCCC2)c2c(n1)c(-c1ccn[nH]1)nn2C. The Morgan fingerprint density at radius 2 is 2.10 bits per heavy atom. The van der Waals surface area contributed by atoms with Crippen LogP contribution >= 0.6 is 0 Å². The van der Waals surface area contributed by atoms with Crippen LogP contribution in [0.4, 0.5) is 5.82 Å². The first-order valence-corrected chi connectivity index (χ1v) is 10.5. The molecule has 0 bridgehead atoms. The topological polar surface area (TPSA) is 92.1 Å². The normalized spacial score (nSPS) is 22.3. The molecule has 8 heteroatoms. The minimum atomic E-state index is -0.844. The Balaban J connectivity index is 1.75. The van der Waals surface area contributed by atoms with Gasteiger partial charge in [-0.3, -0.25) is 9.78 Å². The number of nitrogens with one attached hydrogen (secondary N) is 1. The van der Waals surface area contributed by atoms with Gasteiger partial charge in [-0.15, -0.1) is 0 Å². The summed E-state index contributed by atoms with van der Waals surface area (Å²) in [7, 11) is 1.93. The second kappa shape index (κ2) is 7.11. The lowest BCUT2D eigenvalue weighted by molar-refractivity contribution is 0.000404. The van der Waals surface area contributed by atoms with Crippen LogP contribution in [0.2, 0.25) is 0 Å². The first-order valence-electron chi connectivity index (χ1n) is 10.5. The molecule has 154 valence electrons. The number of pyridine rings is 1. The van der Waals surface area contributed by atoms with Crippen LogP contribution in [0.1, 0.15) is 44.6 Å². The van der Waals surface area contributed by atoms with Gasteiger partial charge in [-0.25, -0.2) is 4.98 Å². The summed E-state index contributed by atoms with van der Waals surface area (Å²) in [5.41, 5.74) is 3.41. The molecule has 1 saturated heterocycles. The maximum Gasteiger partial charge on any atom is 0.136 e. The number of fused-ring (bicyclic) bond motifs is 1. The zero-order chi connectivity index (χ0) is 20.0. The van der Waals surface area contributed by atoms with Crippen molar-refractivity contribution in [1.82, 2.24) is 25.0 Å². The highest BCUT2D eigenvalue weighted by Crippen LogP contribution is 2.42. The van der Waals surface area contributed by atoms with Gasteiger partial charge in [-0.2, -0.15) is 10.2 Å². The lowest BCUT2D eigenvalue weighted by atomic mass is 9.79. The molecule has 0 unspecified atom stereocenters. The van der Waals surface area contributed by atoms with E-state index in [1.165, 1.54) is 6.42 Å². The third-order valence-corrected chi connectivity index (χ3v) is 6.38. The van der Waals surface area contributed by atoms with E-state index in [1.807, 2.05) is 17.8 Å². The number of ether oxygens (including phenoxy) is 1. The van der Waals surface area contributed by atoms with Gasteiger partial charge in [-0.1, -0.05) is 19.3 Å². The molecule has 2 N–H and O–H groups in total. The predicted molar refractivity (Wildman–Crippen MR) is 111 cm³/mol. The Hall–Kier alpha value is -2.45. The van der Waals surface area contributed by atoms with Crippen molar-refractivity contribution in [3.8, 4) is 11.4 Å². The fourth-order valence-corrected chi connectivity index (χ4v) is 4.81. The number of nitrogens with zero attached hydrogens (tertiary/aromatic N) is 5. The van der Waals surface area contributed by atoms with Crippen LogP contribution in [0.5, 0.6) is 0 Å². The van der Waals surface area contributed by atoms with Crippen molar-refractivity contribution in [2.45, 2.75) is 50.7 Å². The van der Waals surface area contributed by atoms with E-state index in [9.17, 15) is 5.11 Å². The number of aliphatic hydroxyl groups is 1. The molecule has 0 radical (unpaired) electrons. The van der Waals surface area contributed by atoms with Gasteiger partial charge in [0.25, 0.3) is 0 Å². The molecule has 1 saturated carbocycles. The number of hydrogen-bond acceptors (Lipinski definition) is 6. The van der Waals surface area contributed by atoms with Crippen molar-refractivity contribution >= 4 is 16.9 Å². The van der Waals surface area contributed by atoms with Crippen LogP contribution in [0.15, 0.2) is 18.3 Å². The number of aromatic nitrogens is 5. The van der Waals surface area contributed by atoms with Crippen molar-refractivity contribution < 1.29 is 9.84 Å². The van der Waals surface area contributed by atoms with E-state index >= 15 is 0 Å². The highest BCUT2D eigenvalue weighted by atomic mass is 16.5. The van der Waals surface area contributed by atoms with Gasteiger partial charge in [0.1, 0.15) is 17.0 Å². The number of anilines is 1. The van der Waals surface area contributed by atoms with Crippen molar-refractivity contribution in [1.29, 1.82) is 0 Å². The molecule has 8 nitrogen and oxygen atoms in total.